The molecular formula is C19H33NO3S. The van der Waals surface area contributed by atoms with E-state index < -0.39 is 9.84 Å². The number of hydrogen-bond acceptors (Lipinski definition) is 4. The molecule has 0 aromatic rings. The Morgan fingerprint density at radius 2 is 1.50 bits per heavy atom. The van der Waals surface area contributed by atoms with Gasteiger partial charge in [0.25, 0.3) is 0 Å². The van der Waals surface area contributed by atoms with E-state index in [4.69, 9.17) is 0 Å². The molecule has 0 amide bonds. The van der Waals surface area contributed by atoms with Crippen molar-refractivity contribution in [1.82, 2.24) is 4.90 Å². The minimum Gasteiger partial charge on any atom is -0.297 e. The average Bonchev–Trinajstić information content (AvgIpc) is 2.70. The van der Waals surface area contributed by atoms with E-state index in [0.29, 0.717) is 11.5 Å². The van der Waals surface area contributed by atoms with Crippen LogP contribution in [-0.2, 0) is 14.6 Å². The van der Waals surface area contributed by atoms with Crippen LogP contribution in [0.25, 0.3) is 0 Å². The van der Waals surface area contributed by atoms with Crippen LogP contribution in [0, 0.1) is 21.7 Å². The number of likely N-dealkylation sites (tertiary alicyclic amines) is 1. The monoisotopic (exact) mass is 355 g/mol. The number of ketones is 1. The summed E-state index contributed by atoms with van der Waals surface area (Å²) in [5.41, 5.74) is -0.643. The van der Waals surface area contributed by atoms with Crippen molar-refractivity contribution in [2.45, 2.75) is 73.4 Å². The molecule has 1 aliphatic carbocycles. The fourth-order valence-electron chi connectivity index (χ4n) is 5.75. The van der Waals surface area contributed by atoms with E-state index in [1.54, 1.807) is 0 Å². The summed E-state index contributed by atoms with van der Waals surface area (Å²) in [6, 6.07) is -0.105. The van der Waals surface area contributed by atoms with E-state index in [0.717, 1.165) is 13.0 Å². The first-order valence-corrected chi connectivity index (χ1v) is 10.8. The largest absolute Gasteiger partial charge is 0.297 e. The number of Topliss-reactive ketones (excluding diaryl/α,β-unsaturated/α-hetero) is 1. The van der Waals surface area contributed by atoms with E-state index in [2.05, 4.69) is 39.5 Å². The third kappa shape index (κ3) is 2.06. The normalized spacial score (nSPS) is 36.8. The molecule has 3 aliphatic rings. The van der Waals surface area contributed by atoms with Gasteiger partial charge in [-0.25, -0.2) is 8.42 Å². The molecule has 2 atom stereocenters. The van der Waals surface area contributed by atoms with Gasteiger partial charge in [-0.2, -0.15) is 0 Å². The molecule has 0 unspecified atom stereocenters. The first-order valence-electron chi connectivity index (χ1n) is 9.02. The molecule has 0 radical (unpaired) electrons. The van der Waals surface area contributed by atoms with Gasteiger partial charge in [-0.05, 0) is 38.0 Å². The minimum absolute atomic E-state index is 0.0122. The number of carbonyl (C=O) groups excluding carboxylic acids is 1. The predicted octanol–water partition coefficient (Wildman–Crippen LogP) is 2.92. The molecule has 24 heavy (non-hydrogen) atoms. The Labute approximate surface area is 147 Å². The number of fused-ring (bicyclic) bond motifs is 1. The van der Waals surface area contributed by atoms with Crippen LogP contribution in [0.5, 0.6) is 0 Å². The maximum Gasteiger partial charge on any atom is 0.155 e. The summed E-state index contributed by atoms with van der Waals surface area (Å²) in [6.45, 7) is 17.7. The highest BCUT2D eigenvalue weighted by atomic mass is 32.2. The second kappa shape index (κ2) is 4.46. The number of carbonyl (C=O) groups is 1. The Kier molecular flexibility index (Phi) is 3.41. The number of rotatable bonds is 1. The summed E-state index contributed by atoms with van der Waals surface area (Å²) >= 11 is 0. The predicted molar refractivity (Wildman–Crippen MR) is 96.6 cm³/mol. The molecular weight excluding hydrogens is 322 g/mol. The Hall–Kier alpha value is -0.420. The van der Waals surface area contributed by atoms with Gasteiger partial charge in [0.05, 0.1) is 17.5 Å². The van der Waals surface area contributed by atoms with Crippen molar-refractivity contribution in [3.63, 3.8) is 0 Å². The highest BCUT2D eigenvalue weighted by Gasteiger charge is 2.88. The molecule has 3 rings (SSSR count). The van der Waals surface area contributed by atoms with Gasteiger partial charge in [-0.1, -0.05) is 34.6 Å². The summed E-state index contributed by atoms with van der Waals surface area (Å²) in [5.74, 6) is 0.900. The lowest BCUT2D eigenvalue weighted by molar-refractivity contribution is -0.132. The van der Waals surface area contributed by atoms with Crippen LogP contribution in [0.3, 0.4) is 0 Å². The van der Waals surface area contributed by atoms with Crippen molar-refractivity contribution in [2.75, 3.05) is 18.1 Å². The zero-order valence-electron chi connectivity index (χ0n) is 16.5. The van der Waals surface area contributed by atoms with Crippen LogP contribution in [-0.4, -0.2) is 48.7 Å². The Balaban J connectivity index is 1.99. The molecule has 0 N–H and O–H groups in total. The molecule has 0 bridgehead atoms. The minimum atomic E-state index is -2.88. The molecule has 0 aromatic carbocycles. The van der Waals surface area contributed by atoms with Gasteiger partial charge in [-0.3, -0.25) is 9.69 Å². The number of nitrogens with zero attached hydrogens (tertiary/aromatic N) is 1. The molecule has 138 valence electrons. The zero-order valence-corrected chi connectivity index (χ0v) is 17.3. The highest BCUT2D eigenvalue weighted by molar-refractivity contribution is 7.92. The van der Waals surface area contributed by atoms with Gasteiger partial charge in [0, 0.05) is 22.9 Å². The van der Waals surface area contributed by atoms with Gasteiger partial charge in [-0.15, -0.1) is 0 Å². The van der Waals surface area contributed by atoms with Crippen molar-refractivity contribution in [3.05, 3.63) is 0 Å². The van der Waals surface area contributed by atoms with Crippen LogP contribution in [0.1, 0.15) is 61.8 Å². The SMILES string of the molecule is CC(C)(C)C(=O)[C@@H]1C[C@]2(CN1C(C)(C)C)C(C)(C)C21CS(=O)(=O)C1. The molecule has 2 aliphatic heterocycles. The van der Waals surface area contributed by atoms with Crippen LogP contribution >= 0.6 is 0 Å². The van der Waals surface area contributed by atoms with E-state index in [1.165, 1.54) is 0 Å². The third-order valence-electron chi connectivity index (χ3n) is 7.44. The second-order valence-electron chi connectivity index (χ2n) is 11.0. The maximum absolute atomic E-state index is 13.1. The summed E-state index contributed by atoms with van der Waals surface area (Å²) in [7, 11) is -2.88. The first kappa shape index (κ1) is 18.4. The highest BCUT2D eigenvalue weighted by Crippen LogP contribution is 2.85. The number of sulfone groups is 1. The number of hydrogen-bond donors (Lipinski definition) is 0. The lowest BCUT2D eigenvalue weighted by atomic mass is 9.82. The van der Waals surface area contributed by atoms with Crippen LogP contribution < -0.4 is 0 Å². The smallest absolute Gasteiger partial charge is 0.155 e. The Morgan fingerprint density at radius 1 is 1.00 bits per heavy atom. The van der Waals surface area contributed by atoms with Crippen molar-refractivity contribution >= 4 is 15.6 Å². The molecule has 2 heterocycles. The van der Waals surface area contributed by atoms with Crippen LogP contribution in [0.2, 0.25) is 0 Å². The molecule has 5 heteroatoms. The molecule has 2 saturated heterocycles. The van der Waals surface area contributed by atoms with Crippen molar-refractivity contribution in [3.8, 4) is 0 Å². The average molecular weight is 356 g/mol. The van der Waals surface area contributed by atoms with Gasteiger partial charge in [0.1, 0.15) is 0 Å². The molecule has 0 aromatic heterocycles. The molecule has 2 spiro atoms. The van der Waals surface area contributed by atoms with Gasteiger partial charge in [0.2, 0.25) is 0 Å². The zero-order chi connectivity index (χ0) is 18.6. The van der Waals surface area contributed by atoms with E-state index in [-0.39, 0.29) is 39.0 Å². The summed E-state index contributed by atoms with van der Waals surface area (Å²) in [4.78, 5) is 15.5. The van der Waals surface area contributed by atoms with Crippen molar-refractivity contribution < 1.29 is 13.2 Å². The third-order valence-corrected chi connectivity index (χ3v) is 9.31. The van der Waals surface area contributed by atoms with E-state index in [1.807, 2.05) is 20.8 Å². The quantitative estimate of drug-likeness (QED) is 0.726. The van der Waals surface area contributed by atoms with Crippen LogP contribution in [0.15, 0.2) is 0 Å². The van der Waals surface area contributed by atoms with E-state index >= 15 is 0 Å². The fourth-order valence-corrected chi connectivity index (χ4v) is 8.44. The van der Waals surface area contributed by atoms with Crippen molar-refractivity contribution in [2.24, 2.45) is 21.7 Å². The molecule has 3 fully saturated rings. The van der Waals surface area contributed by atoms with E-state index in [9.17, 15) is 13.2 Å². The Bertz CT molecular complexity index is 681. The van der Waals surface area contributed by atoms with Gasteiger partial charge >= 0.3 is 0 Å². The second-order valence-corrected chi connectivity index (χ2v) is 13.0. The van der Waals surface area contributed by atoms with Gasteiger partial charge in [0.15, 0.2) is 15.6 Å². The lowest BCUT2D eigenvalue weighted by Crippen LogP contribution is -2.50. The standard InChI is InChI=1S/C19H33NO3S/c1-15(2,3)14(21)13-9-18(10-20(13)16(4,5)6)17(7,8)19(18)11-24(22,23)12-19/h13H,9-12H2,1-8H3/t13-,18-/m0/s1. The lowest BCUT2D eigenvalue weighted by Gasteiger charge is -2.38. The first-order chi connectivity index (χ1) is 10.5. The summed E-state index contributed by atoms with van der Waals surface area (Å²) in [6.07, 6.45) is 0.808. The summed E-state index contributed by atoms with van der Waals surface area (Å²) in [5, 5.41) is 0. The summed E-state index contributed by atoms with van der Waals surface area (Å²) < 4.78 is 23.9. The van der Waals surface area contributed by atoms with Crippen molar-refractivity contribution in [1.29, 1.82) is 0 Å². The fraction of sp³-hybridized carbons (Fsp3) is 0.947. The van der Waals surface area contributed by atoms with Gasteiger partial charge < -0.3 is 0 Å². The Morgan fingerprint density at radius 3 is 1.88 bits per heavy atom. The molecule has 1 saturated carbocycles. The van der Waals surface area contributed by atoms with Crippen LogP contribution in [0.4, 0.5) is 0 Å². The maximum atomic E-state index is 13.1. The topological polar surface area (TPSA) is 54.5 Å². The molecule has 4 nitrogen and oxygen atoms in total.